The molecule has 0 saturated carbocycles. The van der Waals surface area contributed by atoms with Gasteiger partial charge in [-0.3, -0.25) is 19.6 Å². The van der Waals surface area contributed by atoms with Crippen molar-refractivity contribution in [3.8, 4) is 0 Å². The Kier molecular flexibility index (Phi) is 5.60. The number of hydrogen-bond acceptors (Lipinski definition) is 5. The first-order valence-corrected chi connectivity index (χ1v) is 9.67. The van der Waals surface area contributed by atoms with Crippen molar-refractivity contribution in [2.24, 2.45) is 0 Å². The second-order valence-electron chi connectivity index (χ2n) is 6.88. The normalized spacial score (nSPS) is 12.8. The quantitative estimate of drug-likeness (QED) is 0.669. The van der Waals surface area contributed by atoms with E-state index in [9.17, 15) is 9.59 Å². The molecule has 8 nitrogen and oxygen atoms in total. The lowest BCUT2D eigenvalue weighted by atomic mass is 10.1. The number of fused-ring (bicyclic) bond motifs is 1. The van der Waals surface area contributed by atoms with Gasteiger partial charge in [-0.25, -0.2) is 4.98 Å². The molecule has 0 unspecified atom stereocenters. The minimum Gasteiger partial charge on any atom is -0.347 e. The summed E-state index contributed by atoms with van der Waals surface area (Å²) in [5, 5.41) is 5.74. The van der Waals surface area contributed by atoms with Crippen LogP contribution in [-0.4, -0.2) is 31.3 Å². The summed E-state index contributed by atoms with van der Waals surface area (Å²) in [6.45, 7) is 1.38. The van der Waals surface area contributed by atoms with E-state index in [1.807, 2.05) is 34.9 Å². The standard InChI is InChI=1S/C21H22N6O2/c28-20(24-13-15-7-10-22-11-8-15)18-17-6-2-4-12-27(17)19(26-18)21(29)25-14-16-5-1-3-9-23-16/h1,3,5,7-11H,2,4,6,12-14H2,(H,24,28)(H,25,29). The van der Waals surface area contributed by atoms with Gasteiger partial charge in [0.1, 0.15) is 5.69 Å². The van der Waals surface area contributed by atoms with Crippen molar-refractivity contribution < 1.29 is 9.59 Å². The Morgan fingerprint density at radius 3 is 2.59 bits per heavy atom. The van der Waals surface area contributed by atoms with Crippen LogP contribution in [0.4, 0.5) is 0 Å². The average molecular weight is 390 g/mol. The minimum absolute atomic E-state index is 0.267. The van der Waals surface area contributed by atoms with Gasteiger partial charge in [-0.1, -0.05) is 6.07 Å². The highest BCUT2D eigenvalue weighted by molar-refractivity contribution is 5.97. The van der Waals surface area contributed by atoms with Gasteiger partial charge < -0.3 is 15.2 Å². The molecule has 0 saturated heterocycles. The fourth-order valence-corrected chi connectivity index (χ4v) is 3.42. The highest BCUT2D eigenvalue weighted by Gasteiger charge is 2.27. The summed E-state index contributed by atoms with van der Waals surface area (Å²) in [7, 11) is 0. The van der Waals surface area contributed by atoms with E-state index in [2.05, 4.69) is 25.6 Å². The van der Waals surface area contributed by atoms with Crippen molar-refractivity contribution in [1.29, 1.82) is 0 Å². The van der Waals surface area contributed by atoms with E-state index in [4.69, 9.17) is 0 Å². The van der Waals surface area contributed by atoms with E-state index in [1.54, 1.807) is 18.6 Å². The Labute approximate surface area is 168 Å². The summed E-state index contributed by atoms with van der Waals surface area (Å²) in [6.07, 6.45) is 7.73. The smallest absolute Gasteiger partial charge is 0.287 e. The number of hydrogen-bond donors (Lipinski definition) is 2. The molecule has 0 aliphatic carbocycles. The van der Waals surface area contributed by atoms with Crippen LogP contribution in [0.2, 0.25) is 0 Å². The third kappa shape index (κ3) is 4.31. The molecule has 0 atom stereocenters. The molecular formula is C21H22N6O2. The summed E-state index contributed by atoms with van der Waals surface area (Å²) in [4.78, 5) is 38.1. The minimum atomic E-state index is -0.299. The Bertz CT molecular complexity index is 921. The number of carbonyl (C=O) groups excluding carboxylic acids is 2. The van der Waals surface area contributed by atoms with Crippen molar-refractivity contribution in [1.82, 2.24) is 30.2 Å². The lowest BCUT2D eigenvalue weighted by Crippen LogP contribution is -2.27. The molecule has 3 aromatic heterocycles. The molecule has 2 N–H and O–H groups in total. The van der Waals surface area contributed by atoms with Crippen LogP contribution >= 0.6 is 0 Å². The van der Waals surface area contributed by atoms with Gasteiger partial charge in [0.25, 0.3) is 11.8 Å². The van der Waals surface area contributed by atoms with Crippen LogP contribution < -0.4 is 10.6 Å². The summed E-state index contributed by atoms with van der Waals surface area (Å²) in [6, 6.07) is 9.24. The van der Waals surface area contributed by atoms with Gasteiger partial charge in [0.2, 0.25) is 0 Å². The fraction of sp³-hybridized carbons (Fsp3) is 0.286. The van der Waals surface area contributed by atoms with Gasteiger partial charge in [0.05, 0.1) is 17.9 Å². The van der Waals surface area contributed by atoms with E-state index in [0.717, 1.165) is 36.2 Å². The number of aromatic nitrogens is 4. The van der Waals surface area contributed by atoms with Crippen LogP contribution in [0.15, 0.2) is 48.9 Å². The Hall–Kier alpha value is -3.55. The van der Waals surface area contributed by atoms with Crippen LogP contribution in [0.1, 0.15) is 50.9 Å². The molecule has 29 heavy (non-hydrogen) atoms. The second kappa shape index (κ2) is 8.64. The highest BCUT2D eigenvalue weighted by atomic mass is 16.2. The van der Waals surface area contributed by atoms with Crippen LogP contribution in [0.3, 0.4) is 0 Å². The van der Waals surface area contributed by atoms with Crippen LogP contribution in [0.25, 0.3) is 0 Å². The van der Waals surface area contributed by atoms with Crippen LogP contribution in [-0.2, 0) is 26.1 Å². The molecule has 0 bridgehead atoms. The van der Waals surface area contributed by atoms with Gasteiger partial charge in [-0.2, -0.15) is 0 Å². The third-order valence-corrected chi connectivity index (χ3v) is 4.89. The maximum Gasteiger partial charge on any atom is 0.287 e. The topological polar surface area (TPSA) is 102 Å². The van der Waals surface area contributed by atoms with Gasteiger partial charge in [0, 0.05) is 31.7 Å². The third-order valence-electron chi connectivity index (χ3n) is 4.89. The lowest BCUT2D eigenvalue weighted by molar-refractivity contribution is 0.0934. The molecule has 148 valence electrons. The highest BCUT2D eigenvalue weighted by Crippen LogP contribution is 2.21. The monoisotopic (exact) mass is 390 g/mol. The van der Waals surface area contributed by atoms with Crippen molar-refractivity contribution in [2.75, 3.05) is 0 Å². The van der Waals surface area contributed by atoms with Gasteiger partial charge in [-0.15, -0.1) is 0 Å². The SMILES string of the molecule is O=C(NCc1ccncc1)c1nc(C(=O)NCc2ccccn2)n2c1CCCC2. The zero-order chi connectivity index (χ0) is 20.1. The number of imidazole rings is 1. The van der Waals surface area contributed by atoms with Gasteiger partial charge in [-0.05, 0) is 49.1 Å². The first-order valence-electron chi connectivity index (χ1n) is 9.67. The molecule has 0 fully saturated rings. The molecule has 4 heterocycles. The second-order valence-corrected chi connectivity index (χ2v) is 6.88. The zero-order valence-electron chi connectivity index (χ0n) is 16.0. The predicted molar refractivity (Wildman–Crippen MR) is 106 cm³/mol. The van der Waals surface area contributed by atoms with E-state index >= 15 is 0 Å². The maximum atomic E-state index is 12.8. The molecular weight excluding hydrogens is 368 g/mol. The summed E-state index contributed by atoms with van der Waals surface area (Å²) >= 11 is 0. The van der Waals surface area contributed by atoms with Crippen molar-refractivity contribution in [2.45, 2.75) is 38.9 Å². The fourth-order valence-electron chi connectivity index (χ4n) is 3.42. The number of nitrogens with zero attached hydrogens (tertiary/aromatic N) is 4. The predicted octanol–water partition coefficient (Wildman–Crippen LogP) is 1.87. The van der Waals surface area contributed by atoms with E-state index in [0.29, 0.717) is 25.3 Å². The van der Waals surface area contributed by atoms with Crippen molar-refractivity contribution >= 4 is 11.8 Å². The molecule has 1 aliphatic heterocycles. The van der Waals surface area contributed by atoms with E-state index in [-0.39, 0.29) is 17.6 Å². The van der Waals surface area contributed by atoms with Gasteiger partial charge >= 0.3 is 0 Å². The first kappa shape index (κ1) is 18.8. The van der Waals surface area contributed by atoms with Crippen molar-refractivity contribution in [3.05, 3.63) is 77.4 Å². The first-order chi connectivity index (χ1) is 14.2. The van der Waals surface area contributed by atoms with E-state index < -0.39 is 0 Å². The number of pyridine rings is 2. The lowest BCUT2D eigenvalue weighted by Gasteiger charge is -2.17. The summed E-state index contributed by atoms with van der Waals surface area (Å²) < 4.78 is 1.87. The molecule has 1 aliphatic rings. The molecule has 0 spiro atoms. The summed E-state index contributed by atoms with van der Waals surface area (Å²) in [5.41, 5.74) is 2.88. The number of nitrogens with one attached hydrogen (secondary N) is 2. The van der Waals surface area contributed by atoms with Crippen LogP contribution in [0, 0.1) is 0 Å². The zero-order valence-corrected chi connectivity index (χ0v) is 16.0. The Morgan fingerprint density at radius 2 is 1.79 bits per heavy atom. The molecule has 2 amide bonds. The molecule has 4 rings (SSSR count). The summed E-state index contributed by atoms with van der Waals surface area (Å²) in [5.74, 6) is -0.284. The molecule has 3 aromatic rings. The van der Waals surface area contributed by atoms with Crippen LogP contribution in [0.5, 0.6) is 0 Å². The van der Waals surface area contributed by atoms with Crippen molar-refractivity contribution in [3.63, 3.8) is 0 Å². The number of carbonyl (C=O) groups is 2. The molecule has 0 aromatic carbocycles. The molecule has 8 heteroatoms. The largest absolute Gasteiger partial charge is 0.347 e. The van der Waals surface area contributed by atoms with Gasteiger partial charge in [0.15, 0.2) is 5.82 Å². The Balaban J connectivity index is 1.50. The maximum absolute atomic E-state index is 12.8. The molecule has 0 radical (unpaired) electrons. The number of rotatable bonds is 6. The number of amides is 2. The Morgan fingerprint density at radius 1 is 0.966 bits per heavy atom. The average Bonchev–Trinajstić information content (AvgIpc) is 3.17. The van der Waals surface area contributed by atoms with E-state index in [1.165, 1.54) is 0 Å².